The van der Waals surface area contributed by atoms with Crippen LogP contribution in [0.2, 0.25) is 5.15 Å². The summed E-state index contributed by atoms with van der Waals surface area (Å²) in [6.07, 6.45) is 0. The maximum atomic E-state index is 13.2. The van der Waals surface area contributed by atoms with Crippen LogP contribution in [0.4, 0.5) is 4.39 Å². The fourth-order valence-corrected chi connectivity index (χ4v) is 1.40. The molecule has 17 heavy (non-hydrogen) atoms. The highest BCUT2D eigenvalue weighted by Gasteiger charge is 2.12. The molecule has 0 aliphatic heterocycles. The minimum Gasteiger partial charge on any atom is -0.480 e. The number of hydrogen-bond acceptors (Lipinski definition) is 5. The molecule has 0 unspecified atom stereocenters. The van der Waals surface area contributed by atoms with Crippen LogP contribution in [0.3, 0.4) is 0 Å². The lowest BCUT2D eigenvalue weighted by Gasteiger charge is -2.03. The molecule has 2 aromatic heterocycles. The first-order valence-electron chi connectivity index (χ1n) is 4.69. The first kappa shape index (κ1) is 11.7. The molecule has 2 rings (SSSR count). The van der Waals surface area contributed by atoms with Gasteiger partial charge in [0.05, 0.1) is 12.8 Å². The number of rotatable bonds is 2. The van der Waals surface area contributed by atoms with Gasteiger partial charge < -0.3 is 4.74 Å². The molecule has 2 aromatic rings. The molecule has 0 radical (unpaired) electrons. The van der Waals surface area contributed by atoms with E-state index in [0.717, 1.165) is 0 Å². The molecule has 0 spiro atoms. The molecule has 0 fully saturated rings. The van der Waals surface area contributed by atoms with Crippen molar-refractivity contribution in [3.63, 3.8) is 0 Å². The highest BCUT2D eigenvalue weighted by atomic mass is 35.5. The summed E-state index contributed by atoms with van der Waals surface area (Å²) < 4.78 is 18.1. The second-order valence-electron chi connectivity index (χ2n) is 3.20. The van der Waals surface area contributed by atoms with E-state index in [4.69, 9.17) is 16.3 Å². The van der Waals surface area contributed by atoms with Crippen LogP contribution >= 0.6 is 11.6 Å². The van der Waals surface area contributed by atoms with Crippen molar-refractivity contribution < 1.29 is 9.13 Å². The van der Waals surface area contributed by atoms with Gasteiger partial charge in [-0.15, -0.1) is 10.2 Å². The van der Waals surface area contributed by atoms with Crippen molar-refractivity contribution in [3.05, 3.63) is 28.8 Å². The zero-order chi connectivity index (χ0) is 12.4. The van der Waals surface area contributed by atoms with E-state index in [-0.39, 0.29) is 16.7 Å². The van der Waals surface area contributed by atoms with Crippen LogP contribution in [0.1, 0.15) is 5.69 Å². The molecule has 5 nitrogen and oxygen atoms in total. The minimum absolute atomic E-state index is 0.164. The Labute approximate surface area is 102 Å². The van der Waals surface area contributed by atoms with Gasteiger partial charge in [-0.05, 0) is 13.0 Å². The number of methoxy groups -OCH3 is 1. The quantitative estimate of drug-likeness (QED) is 0.768. The SMILES string of the molecule is COc1ccc(-c2nc(C)c(F)c(Cl)n2)nn1. The molecule has 0 amide bonds. The summed E-state index contributed by atoms with van der Waals surface area (Å²) in [7, 11) is 1.49. The topological polar surface area (TPSA) is 60.8 Å². The van der Waals surface area contributed by atoms with Crippen LogP contribution in [0.15, 0.2) is 12.1 Å². The third-order valence-electron chi connectivity index (χ3n) is 2.05. The highest BCUT2D eigenvalue weighted by Crippen LogP contribution is 2.19. The Morgan fingerprint density at radius 1 is 1.24 bits per heavy atom. The number of hydrogen-bond donors (Lipinski definition) is 0. The maximum absolute atomic E-state index is 13.2. The summed E-state index contributed by atoms with van der Waals surface area (Å²) in [5.41, 5.74) is 0.563. The maximum Gasteiger partial charge on any atom is 0.233 e. The van der Waals surface area contributed by atoms with E-state index in [1.165, 1.54) is 14.0 Å². The summed E-state index contributed by atoms with van der Waals surface area (Å²) >= 11 is 5.63. The number of halogens is 2. The minimum atomic E-state index is -0.628. The van der Waals surface area contributed by atoms with Crippen molar-refractivity contribution in [2.75, 3.05) is 7.11 Å². The van der Waals surface area contributed by atoms with Crippen LogP contribution in [-0.2, 0) is 0 Å². The van der Waals surface area contributed by atoms with E-state index in [1.807, 2.05) is 0 Å². The third kappa shape index (κ3) is 2.31. The number of ether oxygens (including phenoxy) is 1. The molecule has 0 saturated heterocycles. The molecule has 0 aliphatic rings. The Morgan fingerprint density at radius 3 is 2.53 bits per heavy atom. The lowest BCUT2D eigenvalue weighted by molar-refractivity contribution is 0.392. The van der Waals surface area contributed by atoms with Gasteiger partial charge in [-0.1, -0.05) is 11.6 Å². The second kappa shape index (κ2) is 4.58. The monoisotopic (exact) mass is 254 g/mol. The van der Waals surface area contributed by atoms with Crippen molar-refractivity contribution in [2.45, 2.75) is 6.92 Å². The molecular weight excluding hydrogens is 247 g/mol. The number of aromatic nitrogens is 4. The standard InChI is InChI=1S/C10H8ClFN4O/c1-5-8(12)9(11)14-10(13-5)6-3-4-7(17-2)16-15-6/h3-4H,1-2H3. The molecule has 0 N–H and O–H groups in total. The molecule has 0 saturated carbocycles. The largest absolute Gasteiger partial charge is 0.480 e. The summed E-state index contributed by atoms with van der Waals surface area (Å²) in [6, 6.07) is 3.23. The summed E-state index contributed by atoms with van der Waals surface area (Å²) in [6.45, 7) is 1.50. The molecule has 0 atom stereocenters. The average Bonchev–Trinajstić information content (AvgIpc) is 2.35. The fraction of sp³-hybridized carbons (Fsp3) is 0.200. The normalized spacial score (nSPS) is 10.4. The lowest BCUT2D eigenvalue weighted by atomic mass is 10.3. The van der Waals surface area contributed by atoms with Crippen molar-refractivity contribution in [1.82, 2.24) is 20.2 Å². The average molecular weight is 255 g/mol. The summed E-state index contributed by atoms with van der Waals surface area (Å²) in [5, 5.41) is 7.39. The van der Waals surface area contributed by atoms with Crippen LogP contribution in [0.5, 0.6) is 5.88 Å². The molecular formula is C10H8ClFN4O. The molecule has 88 valence electrons. The Balaban J connectivity index is 2.45. The van der Waals surface area contributed by atoms with E-state index in [0.29, 0.717) is 11.6 Å². The first-order valence-corrected chi connectivity index (χ1v) is 5.07. The van der Waals surface area contributed by atoms with E-state index >= 15 is 0 Å². The van der Waals surface area contributed by atoms with E-state index in [2.05, 4.69) is 20.2 Å². The van der Waals surface area contributed by atoms with Gasteiger partial charge >= 0.3 is 0 Å². The van der Waals surface area contributed by atoms with Gasteiger partial charge in [-0.2, -0.15) is 0 Å². The van der Waals surface area contributed by atoms with Crippen LogP contribution < -0.4 is 4.74 Å². The fourth-order valence-electron chi connectivity index (χ4n) is 1.19. The number of aryl methyl sites for hydroxylation is 1. The van der Waals surface area contributed by atoms with Crippen LogP contribution in [-0.4, -0.2) is 27.3 Å². The van der Waals surface area contributed by atoms with Crippen molar-refractivity contribution in [2.24, 2.45) is 0 Å². The highest BCUT2D eigenvalue weighted by molar-refractivity contribution is 6.29. The van der Waals surface area contributed by atoms with Crippen LogP contribution in [0.25, 0.3) is 11.5 Å². The number of nitrogens with zero attached hydrogens (tertiary/aromatic N) is 4. The Hall–Kier alpha value is -1.82. The summed E-state index contributed by atoms with van der Waals surface area (Å²) in [4.78, 5) is 7.74. The second-order valence-corrected chi connectivity index (χ2v) is 3.56. The summed E-state index contributed by atoms with van der Waals surface area (Å²) in [5.74, 6) is -0.0281. The van der Waals surface area contributed by atoms with Gasteiger partial charge in [0.15, 0.2) is 16.8 Å². The van der Waals surface area contributed by atoms with Gasteiger partial charge in [-0.3, -0.25) is 0 Å². The first-order chi connectivity index (χ1) is 8.11. The van der Waals surface area contributed by atoms with Crippen molar-refractivity contribution in [3.8, 4) is 17.4 Å². The van der Waals surface area contributed by atoms with Crippen molar-refractivity contribution in [1.29, 1.82) is 0 Å². The Morgan fingerprint density at radius 2 is 2.00 bits per heavy atom. The Kier molecular flexibility index (Phi) is 3.14. The molecule has 0 aromatic carbocycles. The van der Waals surface area contributed by atoms with Gasteiger partial charge in [0.2, 0.25) is 5.88 Å². The zero-order valence-corrected chi connectivity index (χ0v) is 9.86. The smallest absolute Gasteiger partial charge is 0.233 e. The molecule has 0 aliphatic carbocycles. The van der Waals surface area contributed by atoms with E-state index < -0.39 is 5.82 Å². The lowest BCUT2D eigenvalue weighted by Crippen LogP contribution is -2.00. The van der Waals surface area contributed by atoms with Crippen molar-refractivity contribution >= 4 is 11.6 Å². The Bertz CT molecular complexity index is 523. The van der Waals surface area contributed by atoms with Gasteiger partial charge in [0.25, 0.3) is 0 Å². The van der Waals surface area contributed by atoms with Crippen LogP contribution in [0, 0.1) is 12.7 Å². The molecule has 2 heterocycles. The predicted octanol–water partition coefficient (Wildman–Crippen LogP) is 2.04. The van der Waals surface area contributed by atoms with Gasteiger partial charge in [0, 0.05) is 6.07 Å². The predicted molar refractivity (Wildman–Crippen MR) is 59.3 cm³/mol. The zero-order valence-electron chi connectivity index (χ0n) is 9.11. The van der Waals surface area contributed by atoms with Gasteiger partial charge in [-0.25, -0.2) is 14.4 Å². The third-order valence-corrected chi connectivity index (χ3v) is 2.31. The van der Waals surface area contributed by atoms with E-state index in [1.54, 1.807) is 12.1 Å². The molecule has 0 bridgehead atoms. The molecule has 7 heteroatoms. The van der Waals surface area contributed by atoms with E-state index in [9.17, 15) is 4.39 Å². The van der Waals surface area contributed by atoms with Gasteiger partial charge in [0.1, 0.15) is 5.69 Å².